The Morgan fingerprint density at radius 1 is 1.22 bits per heavy atom. The molecule has 7 nitrogen and oxygen atoms in total. The Labute approximate surface area is 160 Å². The largest absolute Gasteiger partial charge is 0.462 e. The van der Waals surface area contributed by atoms with Crippen LogP contribution in [0, 0.1) is 0 Å². The zero-order valence-electron chi connectivity index (χ0n) is 15.1. The molecular weight excluding hydrogens is 366 g/mol. The number of urea groups is 1. The van der Waals surface area contributed by atoms with Crippen LogP contribution < -0.4 is 15.0 Å². The van der Waals surface area contributed by atoms with Gasteiger partial charge < -0.3 is 14.5 Å². The molecule has 27 heavy (non-hydrogen) atoms. The highest BCUT2D eigenvalue weighted by atomic mass is 32.1. The van der Waals surface area contributed by atoms with Crippen LogP contribution in [-0.4, -0.2) is 30.1 Å². The van der Waals surface area contributed by atoms with Crippen LogP contribution in [0.2, 0.25) is 0 Å². The van der Waals surface area contributed by atoms with Crippen molar-refractivity contribution in [2.24, 2.45) is 0 Å². The molecule has 1 aromatic carbocycles. The summed E-state index contributed by atoms with van der Waals surface area (Å²) in [4.78, 5) is 30.0. The summed E-state index contributed by atoms with van der Waals surface area (Å²) in [5.41, 5.74) is 0.894. The summed E-state index contributed by atoms with van der Waals surface area (Å²) >= 11 is 1.30. The van der Waals surface area contributed by atoms with Crippen LogP contribution in [0.4, 0.5) is 10.5 Å². The summed E-state index contributed by atoms with van der Waals surface area (Å²) in [7, 11) is 1.67. The van der Waals surface area contributed by atoms with Crippen LogP contribution in [-0.2, 0) is 0 Å². The smallest absolute Gasteiger partial charge is 0.363 e. The number of carbonyl (C=O) groups is 2. The number of furan rings is 1. The molecule has 0 aliphatic carbocycles. The third kappa shape index (κ3) is 4.53. The van der Waals surface area contributed by atoms with Crippen molar-refractivity contribution in [3.63, 3.8) is 0 Å². The highest BCUT2D eigenvalue weighted by Gasteiger charge is 2.16. The number of esters is 1. The minimum absolute atomic E-state index is 0.0457. The fourth-order valence-corrected chi connectivity index (χ4v) is 2.99. The van der Waals surface area contributed by atoms with Gasteiger partial charge in [-0.1, -0.05) is 0 Å². The lowest BCUT2D eigenvalue weighted by atomic mass is 10.3. The lowest BCUT2D eigenvalue weighted by Gasteiger charge is -2.19. The normalized spacial score (nSPS) is 10.7. The zero-order chi connectivity index (χ0) is 19.4. The van der Waals surface area contributed by atoms with Gasteiger partial charge in [-0.15, -0.1) is 11.3 Å². The van der Waals surface area contributed by atoms with Crippen molar-refractivity contribution in [1.82, 2.24) is 10.3 Å². The summed E-state index contributed by atoms with van der Waals surface area (Å²) in [5.74, 6) is 0.419. The van der Waals surface area contributed by atoms with E-state index < -0.39 is 5.97 Å². The Morgan fingerprint density at radius 3 is 2.59 bits per heavy atom. The van der Waals surface area contributed by atoms with Gasteiger partial charge in [-0.25, -0.2) is 14.6 Å². The molecule has 2 heterocycles. The molecule has 3 rings (SSSR count). The number of rotatable bonds is 5. The van der Waals surface area contributed by atoms with E-state index in [1.807, 2.05) is 13.8 Å². The van der Waals surface area contributed by atoms with Gasteiger partial charge in [0.15, 0.2) is 16.5 Å². The second kappa shape index (κ2) is 8.05. The molecule has 0 aliphatic rings. The minimum Gasteiger partial charge on any atom is -0.462 e. The van der Waals surface area contributed by atoms with Crippen LogP contribution in [0.5, 0.6) is 5.75 Å². The number of carbonyl (C=O) groups excluding carboxylic acids is 2. The fourth-order valence-electron chi connectivity index (χ4n) is 2.24. The van der Waals surface area contributed by atoms with Crippen LogP contribution in [0.1, 0.15) is 24.3 Å². The molecule has 0 saturated carbocycles. The van der Waals surface area contributed by atoms with Gasteiger partial charge in [0.05, 0.1) is 6.26 Å². The van der Waals surface area contributed by atoms with Crippen molar-refractivity contribution in [1.29, 1.82) is 0 Å². The number of anilines is 1. The molecule has 0 aliphatic heterocycles. The van der Waals surface area contributed by atoms with Gasteiger partial charge in [0, 0.05) is 24.2 Å². The van der Waals surface area contributed by atoms with E-state index in [0.29, 0.717) is 22.2 Å². The number of ether oxygens (including phenoxy) is 1. The molecule has 1 N–H and O–H groups in total. The number of hydrogen-bond acceptors (Lipinski definition) is 6. The molecule has 0 bridgehead atoms. The lowest BCUT2D eigenvalue weighted by Crippen LogP contribution is -2.40. The molecule has 140 valence electrons. The number of nitrogens with one attached hydrogen (secondary N) is 1. The first-order chi connectivity index (χ1) is 12.9. The van der Waals surface area contributed by atoms with E-state index in [2.05, 4.69) is 10.3 Å². The first-order valence-electron chi connectivity index (χ1n) is 8.30. The van der Waals surface area contributed by atoms with Gasteiger partial charge in [-0.2, -0.15) is 0 Å². The van der Waals surface area contributed by atoms with Gasteiger partial charge in [0.25, 0.3) is 0 Å². The number of thiazole rings is 1. The molecular formula is C19H19N3O4S. The quantitative estimate of drug-likeness (QED) is 0.526. The molecule has 0 unspecified atom stereocenters. The first kappa shape index (κ1) is 18.7. The average molecular weight is 385 g/mol. The standard InChI is InChI=1S/C19H19N3O4S/c1-12(2)20-19(24)22(3)13-6-8-14(9-7-13)26-18(23)15-11-27-17(21-15)16-5-4-10-25-16/h4-12H,1-3H3,(H,20,24). The molecule has 3 aromatic rings. The van der Waals surface area contributed by atoms with E-state index in [1.54, 1.807) is 55.1 Å². The van der Waals surface area contributed by atoms with Crippen LogP contribution in [0.25, 0.3) is 10.8 Å². The van der Waals surface area contributed by atoms with Gasteiger partial charge in [-0.05, 0) is 50.2 Å². The maximum absolute atomic E-state index is 12.3. The lowest BCUT2D eigenvalue weighted by molar-refractivity contribution is 0.0729. The van der Waals surface area contributed by atoms with Crippen molar-refractivity contribution in [2.75, 3.05) is 11.9 Å². The Bertz CT molecular complexity index is 917. The molecule has 8 heteroatoms. The third-order valence-corrected chi connectivity index (χ3v) is 4.45. The van der Waals surface area contributed by atoms with E-state index in [9.17, 15) is 9.59 Å². The zero-order valence-corrected chi connectivity index (χ0v) is 15.9. The van der Waals surface area contributed by atoms with Gasteiger partial charge in [0.2, 0.25) is 0 Å². The van der Waals surface area contributed by atoms with E-state index in [0.717, 1.165) is 0 Å². The first-order valence-corrected chi connectivity index (χ1v) is 9.18. The predicted molar refractivity (Wildman–Crippen MR) is 103 cm³/mol. The van der Waals surface area contributed by atoms with Crippen LogP contribution in [0.15, 0.2) is 52.5 Å². The van der Waals surface area contributed by atoms with Crippen molar-refractivity contribution in [3.8, 4) is 16.5 Å². The molecule has 0 saturated heterocycles. The molecule has 0 radical (unpaired) electrons. The Kier molecular flexibility index (Phi) is 5.56. The van der Waals surface area contributed by atoms with Crippen LogP contribution >= 0.6 is 11.3 Å². The molecule has 0 spiro atoms. The summed E-state index contributed by atoms with van der Waals surface area (Å²) in [5, 5.41) is 5.04. The van der Waals surface area contributed by atoms with E-state index >= 15 is 0 Å². The summed E-state index contributed by atoms with van der Waals surface area (Å²) in [6.45, 7) is 3.79. The number of amides is 2. The summed E-state index contributed by atoms with van der Waals surface area (Å²) in [6, 6.07) is 10.0. The molecule has 2 amide bonds. The SMILES string of the molecule is CC(C)NC(=O)N(C)c1ccc(OC(=O)c2csc(-c3ccco3)n2)cc1. The number of nitrogens with zero attached hydrogens (tertiary/aromatic N) is 2. The monoisotopic (exact) mass is 385 g/mol. The van der Waals surface area contributed by atoms with Crippen molar-refractivity contribution >= 4 is 29.0 Å². The maximum Gasteiger partial charge on any atom is 0.363 e. The Balaban J connectivity index is 1.64. The van der Waals surface area contributed by atoms with Gasteiger partial charge >= 0.3 is 12.0 Å². The Hall–Kier alpha value is -3.13. The summed E-state index contributed by atoms with van der Waals surface area (Å²) in [6.07, 6.45) is 1.55. The van der Waals surface area contributed by atoms with Gasteiger partial charge in [-0.3, -0.25) is 4.90 Å². The predicted octanol–water partition coefficient (Wildman–Crippen LogP) is 4.18. The average Bonchev–Trinajstić information content (AvgIpc) is 3.32. The van der Waals surface area contributed by atoms with E-state index in [-0.39, 0.29) is 17.8 Å². The number of benzene rings is 1. The van der Waals surface area contributed by atoms with E-state index in [4.69, 9.17) is 9.15 Å². The molecule has 0 fully saturated rings. The van der Waals surface area contributed by atoms with Crippen LogP contribution in [0.3, 0.4) is 0 Å². The maximum atomic E-state index is 12.3. The second-order valence-corrected chi connectivity index (χ2v) is 6.92. The van der Waals surface area contributed by atoms with Crippen molar-refractivity contribution in [2.45, 2.75) is 19.9 Å². The molecule has 0 atom stereocenters. The highest BCUT2D eigenvalue weighted by molar-refractivity contribution is 7.13. The van der Waals surface area contributed by atoms with E-state index in [1.165, 1.54) is 16.2 Å². The number of hydrogen-bond donors (Lipinski definition) is 1. The fraction of sp³-hybridized carbons (Fsp3) is 0.211. The topological polar surface area (TPSA) is 84.7 Å². The van der Waals surface area contributed by atoms with Gasteiger partial charge in [0.1, 0.15) is 5.75 Å². The van der Waals surface area contributed by atoms with Crippen molar-refractivity contribution in [3.05, 3.63) is 53.7 Å². The second-order valence-electron chi connectivity index (χ2n) is 6.06. The highest BCUT2D eigenvalue weighted by Crippen LogP contribution is 2.25. The minimum atomic E-state index is -0.553. The Morgan fingerprint density at radius 2 is 1.96 bits per heavy atom. The molecule has 2 aromatic heterocycles. The van der Waals surface area contributed by atoms with Crippen molar-refractivity contribution < 1.29 is 18.7 Å². The third-order valence-electron chi connectivity index (χ3n) is 3.60. The number of aromatic nitrogens is 1. The summed E-state index contributed by atoms with van der Waals surface area (Å²) < 4.78 is 10.6.